The standard InChI is InChI=1S/C11H15N7O3/c1-7-6-8(10(20)18(14-7)4-5-21-3)9(19)12-11-13-15-16-17(11)2/h6H,4-5H2,1-3H3,(H,12,13,16,19). The van der Waals surface area contributed by atoms with Gasteiger partial charge in [0.25, 0.3) is 11.5 Å². The molecule has 2 rings (SSSR count). The van der Waals surface area contributed by atoms with E-state index in [9.17, 15) is 9.59 Å². The van der Waals surface area contributed by atoms with Crippen molar-refractivity contribution in [2.45, 2.75) is 13.5 Å². The van der Waals surface area contributed by atoms with E-state index in [0.29, 0.717) is 12.3 Å². The number of aryl methyl sites for hydroxylation is 2. The lowest BCUT2D eigenvalue weighted by Crippen LogP contribution is -2.32. The first-order valence-electron chi connectivity index (χ1n) is 6.14. The summed E-state index contributed by atoms with van der Waals surface area (Å²) in [5.74, 6) is -0.438. The fourth-order valence-electron chi connectivity index (χ4n) is 1.67. The molecule has 1 amide bonds. The van der Waals surface area contributed by atoms with E-state index < -0.39 is 11.5 Å². The number of carbonyl (C=O) groups excluding carboxylic acids is 1. The summed E-state index contributed by atoms with van der Waals surface area (Å²) in [7, 11) is 3.10. The van der Waals surface area contributed by atoms with Gasteiger partial charge in [0.15, 0.2) is 0 Å². The summed E-state index contributed by atoms with van der Waals surface area (Å²) in [6.07, 6.45) is 0. The molecule has 2 aromatic heterocycles. The Morgan fingerprint density at radius 2 is 2.24 bits per heavy atom. The van der Waals surface area contributed by atoms with Crippen LogP contribution in [-0.4, -0.2) is 49.6 Å². The molecule has 112 valence electrons. The Labute approximate surface area is 119 Å². The van der Waals surface area contributed by atoms with Gasteiger partial charge in [0.05, 0.1) is 18.8 Å². The minimum atomic E-state index is -0.588. The van der Waals surface area contributed by atoms with Gasteiger partial charge >= 0.3 is 0 Å². The Bertz CT molecular complexity index is 706. The lowest BCUT2D eigenvalue weighted by atomic mass is 10.2. The zero-order chi connectivity index (χ0) is 15.4. The molecule has 0 aliphatic rings. The van der Waals surface area contributed by atoms with Gasteiger partial charge in [0.1, 0.15) is 5.56 Å². The monoisotopic (exact) mass is 293 g/mol. The molecule has 10 nitrogen and oxygen atoms in total. The minimum Gasteiger partial charge on any atom is -0.383 e. The number of rotatable bonds is 5. The molecule has 0 saturated carbocycles. The predicted octanol–water partition coefficient (Wildman–Crippen LogP) is -1.03. The number of anilines is 1. The van der Waals surface area contributed by atoms with E-state index in [1.807, 2.05) is 0 Å². The Morgan fingerprint density at radius 3 is 2.86 bits per heavy atom. The highest BCUT2D eigenvalue weighted by atomic mass is 16.5. The number of nitrogens with zero attached hydrogens (tertiary/aromatic N) is 6. The van der Waals surface area contributed by atoms with Crippen LogP contribution in [0.3, 0.4) is 0 Å². The lowest BCUT2D eigenvalue weighted by molar-refractivity contribution is 0.102. The van der Waals surface area contributed by atoms with Crippen molar-refractivity contribution in [2.24, 2.45) is 7.05 Å². The second-order valence-corrected chi connectivity index (χ2v) is 4.30. The topological polar surface area (TPSA) is 117 Å². The molecule has 10 heteroatoms. The highest BCUT2D eigenvalue weighted by molar-refractivity contribution is 6.03. The van der Waals surface area contributed by atoms with Crippen LogP contribution >= 0.6 is 0 Å². The van der Waals surface area contributed by atoms with E-state index in [2.05, 4.69) is 25.9 Å². The molecule has 0 saturated heterocycles. The zero-order valence-electron chi connectivity index (χ0n) is 11.9. The van der Waals surface area contributed by atoms with Crippen LogP contribution in [0.5, 0.6) is 0 Å². The van der Waals surface area contributed by atoms with Gasteiger partial charge in [-0.15, -0.1) is 0 Å². The second kappa shape index (κ2) is 6.22. The van der Waals surface area contributed by atoms with Gasteiger partial charge in [-0.1, -0.05) is 5.10 Å². The molecule has 2 heterocycles. The first-order valence-corrected chi connectivity index (χ1v) is 6.14. The number of aromatic nitrogens is 6. The van der Waals surface area contributed by atoms with Crippen LogP contribution < -0.4 is 10.9 Å². The van der Waals surface area contributed by atoms with Gasteiger partial charge < -0.3 is 4.74 Å². The van der Waals surface area contributed by atoms with E-state index >= 15 is 0 Å². The Morgan fingerprint density at radius 1 is 1.48 bits per heavy atom. The summed E-state index contributed by atoms with van der Waals surface area (Å²) in [5, 5.41) is 17.2. The molecule has 0 fully saturated rings. The van der Waals surface area contributed by atoms with Gasteiger partial charge in [-0.3, -0.25) is 14.9 Å². The Balaban J connectivity index is 2.30. The molecular weight excluding hydrogens is 278 g/mol. The third-order valence-corrected chi connectivity index (χ3v) is 2.69. The highest BCUT2D eigenvalue weighted by Gasteiger charge is 2.16. The largest absolute Gasteiger partial charge is 0.383 e. The fraction of sp³-hybridized carbons (Fsp3) is 0.455. The van der Waals surface area contributed by atoms with Crippen LogP contribution in [-0.2, 0) is 18.3 Å². The maximum Gasteiger partial charge on any atom is 0.279 e. The van der Waals surface area contributed by atoms with Crippen molar-refractivity contribution in [3.05, 3.63) is 27.7 Å². The van der Waals surface area contributed by atoms with E-state index in [1.165, 1.54) is 22.5 Å². The normalized spacial score (nSPS) is 10.6. The van der Waals surface area contributed by atoms with Crippen molar-refractivity contribution in [3.63, 3.8) is 0 Å². The molecule has 0 radical (unpaired) electrons. The van der Waals surface area contributed by atoms with Crippen molar-refractivity contribution in [1.29, 1.82) is 0 Å². The first-order chi connectivity index (χ1) is 10.0. The van der Waals surface area contributed by atoms with Gasteiger partial charge in [0.2, 0.25) is 5.95 Å². The lowest BCUT2D eigenvalue weighted by Gasteiger charge is -2.08. The van der Waals surface area contributed by atoms with E-state index in [0.717, 1.165) is 0 Å². The van der Waals surface area contributed by atoms with E-state index in [1.54, 1.807) is 14.0 Å². The van der Waals surface area contributed by atoms with Gasteiger partial charge in [0, 0.05) is 14.2 Å². The molecule has 0 aliphatic heterocycles. The number of nitrogens with one attached hydrogen (secondary N) is 1. The highest BCUT2D eigenvalue weighted by Crippen LogP contribution is 2.02. The third-order valence-electron chi connectivity index (χ3n) is 2.69. The summed E-state index contributed by atoms with van der Waals surface area (Å²) in [6.45, 7) is 2.29. The SMILES string of the molecule is COCCn1nc(C)cc(C(=O)Nc2nnnn2C)c1=O. The number of methoxy groups -OCH3 is 1. The van der Waals surface area contributed by atoms with Crippen LogP contribution in [0.1, 0.15) is 16.1 Å². The van der Waals surface area contributed by atoms with Crippen molar-refractivity contribution in [1.82, 2.24) is 30.0 Å². The van der Waals surface area contributed by atoms with Crippen molar-refractivity contribution in [2.75, 3.05) is 19.0 Å². The average molecular weight is 293 g/mol. The summed E-state index contributed by atoms with van der Waals surface area (Å²) in [6, 6.07) is 1.42. The molecule has 1 N–H and O–H groups in total. The molecular formula is C11H15N7O3. The summed E-state index contributed by atoms with van der Waals surface area (Å²) in [4.78, 5) is 24.4. The predicted molar refractivity (Wildman–Crippen MR) is 71.9 cm³/mol. The van der Waals surface area contributed by atoms with Gasteiger partial charge in [-0.2, -0.15) is 5.10 Å². The smallest absolute Gasteiger partial charge is 0.279 e. The summed E-state index contributed by atoms with van der Waals surface area (Å²) in [5.41, 5.74) is 0.0267. The molecule has 0 spiro atoms. The van der Waals surface area contributed by atoms with E-state index in [-0.39, 0.29) is 18.1 Å². The first kappa shape index (κ1) is 14.8. The third kappa shape index (κ3) is 3.28. The summed E-state index contributed by atoms with van der Waals surface area (Å²) >= 11 is 0. The maximum absolute atomic E-state index is 12.2. The zero-order valence-corrected chi connectivity index (χ0v) is 11.9. The van der Waals surface area contributed by atoms with Crippen LogP contribution in [0.15, 0.2) is 10.9 Å². The maximum atomic E-state index is 12.2. The number of amides is 1. The molecule has 0 unspecified atom stereocenters. The number of carbonyl (C=O) groups is 1. The summed E-state index contributed by atoms with van der Waals surface area (Å²) < 4.78 is 7.40. The second-order valence-electron chi connectivity index (χ2n) is 4.30. The Hall–Kier alpha value is -2.62. The van der Waals surface area contributed by atoms with Crippen LogP contribution in [0.25, 0.3) is 0 Å². The minimum absolute atomic E-state index is 0.0263. The average Bonchev–Trinajstić information content (AvgIpc) is 2.84. The number of hydrogen-bond donors (Lipinski definition) is 1. The van der Waals surface area contributed by atoms with Crippen molar-refractivity contribution >= 4 is 11.9 Å². The van der Waals surface area contributed by atoms with Crippen LogP contribution in [0.2, 0.25) is 0 Å². The molecule has 0 aliphatic carbocycles. The molecule has 0 bridgehead atoms. The van der Waals surface area contributed by atoms with Crippen LogP contribution in [0, 0.1) is 6.92 Å². The fourth-order valence-corrected chi connectivity index (χ4v) is 1.67. The quantitative estimate of drug-likeness (QED) is 0.749. The van der Waals surface area contributed by atoms with Crippen molar-refractivity contribution < 1.29 is 9.53 Å². The molecule has 21 heavy (non-hydrogen) atoms. The number of hydrogen-bond acceptors (Lipinski definition) is 7. The Kier molecular flexibility index (Phi) is 4.38. The molecule has 2 aromatic rings. The molecule has 0 atom stereocenters. The van der Waals surface area contributed by atoms with Gasteiger partial charge in [-0.25, -0.2) is 9.36 Å². The number of tetrazole rings is 1. The van der Waals surface area contributed by atoms with Crippen molar-refractivity contribution in [3.8, 4) is 0 Å². The number of ether oxygens (including phenoxy) is 1. The van der Waals surface area contributed by atoms with Crippen LogP contribution in [0.4, 0.5) is 5.95 Å². The molecule has 0 aromatic carbocycles. The van der Waals surface area contributed by atoms with Gasteiger partial charge in [-0.05, 0) is 23.4 Å². The van der Waals surface area contributed by atoms with E-state index in [4.69, 9.17) is 4.74 Å².